The van der Waals surface area contributed by atoms with Gasteiger partial charge in [-0.25, -0.2) is 4.68 Å². The Bertz CT molecular complexity index is 478. The maximum Gasteiger partial charge on any atom is 0.279 e. The van der Waals surface area contributed by atoms with Crippen LogP contribution in [0.25, 0.3) is 0 Å². The molecule has 17 heavy (non-hydrogen) atoms. The molecular formula is C9H14N6O2. The molecule has 1 atom stereocenters. The van der Waals surface area contributed by atoms with E-state index in [-0.39, 0.29) is 11.7 Å². The highest BCUT2D eigenvalue weighted by Gasteiger charge is 2.32. The number of fused-ring (bicyclic) bond motifs is 1. The van der Waals surface area contributed by atoms with Crippen molar-refractivity contribution in [2.45, 2.75) is 26.4 Å². The topological polar surface area (TPSA) is 118 Å². The van der Waals surface area contributed by atoms with Crippen LogP contribution in [0.15, 0.2) is 5.16 Å². The van der Waals surface area contributed by atoms with Gasteiger partial charge in [0.05, 0.1) is 0 Å². The Morgan fingerprint density at radius 2 is 2.35 bits per heavy atom. The second kappa shape index (κ2) is 4.13. The summed E-state index contributed by atoms with van der Waals surface area (Å²) in [4.78, 5) is 15.6. The largest absolute Gasteiger partial charge is 0.410 e. The molecule has 0 bridgehead atoms. The fraction of sp³-hybridized carbons (Fsp3) is 0.556. The van der Waals surface area contributed by atoms with Gasteiger partial charge in [0.15, 0.2) is 17.7 Å². The molecule has 0 saturated heterocycles. The Balaban J connectivity index is 2.36. The lowest BCUT2D eigenvalue weighted by Crippen LogP contribution is -2.42. The lowest BCUT2D eigenvalue weighted by atomic mass is 10.1. The van der Waals surface area contributed by atoms with Gasteiger partial charge in [0.1, 0.15) is 0 Å². The molecule has 0 unspecified atom stereocenters. The number of carbonyl (C=O) groups is 1. The van der Waals surface area contributed by atoms with Crippen LogP contribution < -0.4 is 11.1 Å². The molecule has 0 aromatic carbocycles. The highest BCUT2D eigenvalue weighted by molar-refractivity contribution is 6.44. The van der Waals surface area contributed by atoms with E-state index in [1.165, 1.54) is 4.68 Å². The van der Waals surface area contributed by atoms with Gasteiger partial charge in [-0.1, -0.05) is 19.0 Å². The number of amides is 1. The molecule has 0 radical (unpaired) electrons. The Labute approximate surface area is 97.5 Å². The molecule has 1 aromatic rings. The Kier molecular flexibility index (Phi) is 2.80. The number of hydrogen-bond donors (Lipinski definition) is 3. The standard InChI is InChI=1S/C9H14N6O2/c1-4(2)3-5-11-9-12-8(16)6(14-17)7(10)15(9)13-5/h4,7,17H,3,10H2,1-2H3,(H,11,12,13,16)/b14-6+/t7-/m0/s1. The highest BCUT2D eigenvalue weighted by atomic mass is 16.4. The van der Waals surface area contributed by atoms with Crippen LogP contribution >= 0.6 is 0 Å². The van der Waals surface area contributed by atoms with Gasteiger partial charge < -0.3 is 10.9 Å². The molecule has 4 N–H and O–H groups in total. The number of nitrogens with two attached hydrogens (primary N) is 1. The molecule has 0 saturated carbocycles. The molecule has 1 aliphatic rings. The molecule has 0 spiro atoms. The minimum Gasteiger partial charge on any atom is -0.410 e. The summed E-state index contributed by atoms with van der Waals surface area (Å²) in [6, 6.07) is 0. The van der Waals surface area contributed by atoms with Crippen molar-refractivity contribution in [2.24, 2.45) is 16.8 Å². The third kappa shape index (κ3) is 1.98. The average Bonchev–Trinajstić information content (AvgIpc) is 2.60. The molecule has 1 aliphatic heterocycles. The van der Waals surface area contributed by atoms with Gasteiger partial charge in [-0.05, 0) is 5.92 Å². The summed E-state index contributed by atoms with van der Waals surface area (Å²) in [7, 11) is 0. The minimum absolute atomic E-state index is 0.182. The zero-order valence-corrected chi connectivity index (χ0v) is 9.58. The van der Waals surface area contributed by atoms with Crippen molar-refractivity contribution in [2.75, 3.05) is 5.32 Å². The van der Waals surface area contributed by atoms with Crippen LogP contribution in [0.1, 0.15) is 25.8 Å². The fourth-order valence-corrected chi connectivity index (χ4v) is 1.62. The Morgan fingerprint density at radius 1 is 1.65 bits per heavy atom. The van der Waals surface area contributed by atoms with Crippen molar-refractivity contribution >= 4 is 17.6 Å². The maximum atomic E-state index is 11.5. The van der Waals surface area contributed by atoms with Crippen LogP contribution in [-0.2, 0) is 11.2 Å². The van der Waals surface area contributed by atoms with Crippen molar-refractivity contribution in [3.8, 4) is 0 Å². The van der Waals surface area contributed by atoms with Gasteiger partial charge in [0.2, 0.25) is 5.95 Å². The minimum atomic E-state index is -0.905. The molecule has 8 heteroatoms. The van der Waals surface area contributed by atoms with Gasteiger partial charge >= 0.3 is 0 Å². The number of rotatable bonds is 2. The van der Waals surface area contributed by atoms with Gasteiger partial charge in [-0.3, -0.25) is 10.1 Å². The van der Waals surface area contributed by atoms with Gasteiger partial charge in [0.25, 0.3) is 5.91 Å². The fourth-order valence-electron chi connectivity index (χ4n) is 1.62. The summed E-state index contributed by atoms with van der Waals surface area (Å²) >= 11 is 0. The molecule has 92 valence electrons. The number of anilines is 1. The van der Waals surface area contributed by atoms with Gasteiger partial charge in [0, 0.05) is 6.42 Å². The molecule has 2 rings (SSSR count). The zero-order chi connectivity index (χ0) is 12.6. The quantitative estimate of drug-likeness (QED) is 0.483. The summed E-state index contributed by atoms with van der Waals surface area (Å²) in [5, 5.41) is 18.2. The van der Waals surface area contributed by atoms with Crippen LogP contribution in [0.4, 0.5) is 5.95 Å². The molecule has 2 heterocycles. The molecule has 8 nitrogen and oxygen atoms in total. The first kappa shape index (κ1) is 11.5. The number of hydrogen-bond acceptors (Lipinski definition) is 6. The maximum absolute atomic E-state index is 11.5. The van der Waals surface area contributed by atoms with E-state index in [9.17, 15) is 4.79 Å². The van der Waals surface area contributed by atoms with E-state index in [4.69, 9.17) is 10.9 Å². The number of carbonyl (C=O) groups excluding carboxylic acids is 1. The Morgan fingerprint density at radius 3 is 2.94 bits per heavy atom. The van der Waals surface area contributed by atoms with Crippen molar-refractivity contribution in [3.63, 3.8) is 0 Å². The van der Waals surface area contributed by atoms with E-state index in [0.29, 0.717) is 18.2 Å². The van der Waals surface area contributed by atoms with Gasteiger partial charge in [-0.15, -0.1) is 0 Å². The first-order valence-corrected chi connectivity index (χ1v) is 5.27. The third-order valence-corrected chi connectivity index (χ3v) is 2.38. The van der Waals surface area contributed by atoms with Crippen molar-refractivity contribution < 1.29 is 10.0 Å². The lowest BCUT2D eigenvalue weighted by Gasteiger charge is -2.19. The first-order valence-electron chi connectivity index (χ1n) is 5.27. The Hall–Kier alpha value is -1.96. The first-order chi connectivity index (χ1) is 8.02. The van der Waals surface area contributed by atoms with E-state index in [1.54, 1.807) is 0 Å². The summed E-state index contributed by atoms with van der Waals surface area (Å²) in [5.74, 6) is 0.726. The zero-order valence-electron chi connectivity index (χ0n) is 9.58. The molecule has 0 aliphatic carbocycles. The molecule has 1 aromatic heterocycles. The molecule has 1 amide bonds. The van der Waals surface area contributed by atoms with Crippen molar-refractivity contribution in [1.29, 1.82) is 0 Å². The second-order valence-corrected chi connectivity index (χ2v) is 4.28. The second-order valence-electron chi connectivity index (χ2n) is 4.28. The number of nitrogens with one attached hydrogen (secondary N) is 1. The van der Waals surface area contributed by atoms with Crippen LogP contribution in [0.3, 0.4) is 0 Å². The van der Waals surface area contributed by atoms with Crippen LogP contribution in [0.2, 0.25) is 0 Å². The smallest absolute Gasteiger partial charge is 0.279 e. The van der Waals surface area contributed by atoms with E-state index < -0.39 is 12.1 Å². The van der Waals surface area contributed by atoms with E-state index in [0.717, 1.165) is 0 Å². The monoisotopic (exact) mass is 238 g/mol. The van der Waals surface area contributed by atoms with E-state index in [1.807, 2.05) is 13.8 Å². The predicted octanol–water partition coefficient (Wildman–Crippen LogP) is -0.284. The summed E-state index contributed by atoms with van der Waals surface area (Å²) in [6.07, 6.45) is -0.217. The van der Waals surface area contributed by atoms with E-state index in [2.05, 4.69) is 20.6 Å². The number of aromatic nitrogens is 3. The number of nitrogens with zero attached hydrogens (tertiary/aromatic N) is 4. The summed E-state index contributed by atoms with van der Waals surface area (Å²) in [6.45, 7) is 4.08. The summed E-state index contributed by atoms with van der Waals surface area (Å²) in [5.41, 5.74) is 5.56. The van der Waals surface area contributed by atoms with E-state index >= 15 is 0 Å². The average molecular weight is 238 g/mol. The highest BCUT2D eigenvalue weighted by Crippen LogP contribution is 2.18. The van der Waals surface area contributed by atoms with Crippen LogP contribution in [0, 0.1) is 5.92 Å². The molecule has 0 fully saturated rings. The summed E-state index contributed by atoms with van der Waals surface area (Å²) < 4.78 is 1.34. The van der Waals surface area contributed by atoms with Crippen LogP contribution in [-0.4, -0.2) is 31.6 Å². The molecular weight excluding hydrogens is 224 g/mol. The van der Waals surface area contributed by atoms with Gasteiger partial charge in [-0.2, -0.15) is 10.1 Å². The van der Waals surface area contributed by atoms with Crippen molar-refractivity contribution in [3.05, 3.63) is 5.82 Å². The third-order valence-electron chi connectivity index (χ3n) is 2.38. The SMILES string of the molecule is CC(C)Cc1nc2n(n1)[C@H](N)/C(=N\O)C(=O)N2. The van der Waals surface area contributed by atoms with Crippen LogP contribution in [0.5, 0.6) is 0 Å². The predicted molar refractivity (Wildman–Crippen MR) is 59.6 cm³/mol. The number of oxime groups is 1. The van der Waals surface area contributed by atoms with Crippen molar-refractivity contribution in [1.82, 2.24) is 14.8 Å². The normalized spacial score (nSPS) is 21.8. The lowest BCUT2D eigenvalue weighted by molar-refractivity contribution is -0.111.